The summed E-state index contributed by atoms with van der Waals surface area (Å²) in [5, 5.41) is 15.1. The second-order valence-corrected chi connectivity index (χ2v) is 7.92. The predicted molar refractivity (Wildman–Crippen MR) is 119 cm³/mol. The molecule has 3 N–H and O–H groups in total. The Kier molecular flexibility index (Phi) is 7.59. The first-order valence-corrected chi connectivity index (χ1v) is 10.2. The number of hydrogen-bond donors (Lipinski definition) is 3. The Balaban J connectivity index is 1.75. The number of nitrogens with one attached hydrogen (secondary N) is 2. The molecule has 1 aromatic carbocycles. The molecule has 0 aromatic heterocycles. The first-order chi connectivity index (χ1) is 15.6. The number of thiocarbonyl (C=S) groups is 1. The normalized spacial score (nSPS) is 20.2. The van der Waals surface area contributed by atoms with E-state index < -0.39 is 47.0 Å². The minimum atomic E-state index is -2.85. The quantitative estimate of drug-likeness (QED) is 0.404. The van der Waals surface area contributed by atoms with Gasteiger partial charge in [0, 0.05) is 37.6 Å². The lowest BCUT2D eigenvalue weighted by Gasteiger charge is -2.18. The number of rotatable bonds is 7. The van der Waals surface area contributed by atoms with Crippen molar-refractivity contribution in [2.24, 2.45) is 0 Å². The highest BCUT2D eigenvalue weighted by Gasteiger charge is 2.33. The van der Waals surface area contributed by atoms with Crippen LogP contribution in [-0.2, 0) is 4.74 Å². The fraction of sp³-hybridized carbons (Fsp3) is 0.333. The fourth-order valence-corrected chi connectivity index (χ4v) is 3.23. The Morgan fingerprint density at radius 3 is 2.58 bits per heavy atom. The number of cyclic esters (lactones) is 1. The molecule has 1 aromatic rings. The summed E-state index contributed by atoms with van der Waals surface area (Å²) < 4.78 is 59.6. The van der Waals surface area contributed by atoms with Crippen LogP contribution in [0.5, 0.6) is 0 Å². The molecule has 178 valence electrons. The zero-order chi connectivity index (χ0) is 24.3. The van der Waals surface area contributed by atoms with Gasteiger partial charge in [-0.2, -0.15) is 0 Å². The average molecular weight is 486 g/mol. The molecule has 1 heterocycles. The molecule has 1 unspecified atom stereocenters. The Morgan fingerprint density at radius 2 is 1.97 bits per heavy atom. The molecule has 0 bridgehead atoms. The summed E-state index contributed by atoms with van der Waals surface area (Å²) in [6, 6.07) is 1.87. The number of ether oxygens (including phenoxy) is 1. The van der Waals surface area contributed by atoms with Gasteiger partial charge in [0.05, 0.1) is 18.8 Å². The van der Waals surface area contributed by atoms with Gasteiger partial charge in [-0.1, -0.05) is 12.2 Å². The van der Waals surface area contributed by atoms with Crippen molar-refractivity contribution in [2.75, 3.05) is 37.4 Å². The lowest BCUT2D eigenvalue weighted by atomic mass is 10.2. The number of halogens is 4. The fourth-order valence-electron chi connectivity index (χ4n) is 3.15. The third kappa shape index (κ3) is 5.82. The van der Waals surface area contributed by atoms with Crippen molar-refractivity contribution in [2.45, 2.75) is 18.6 Å². The molecule has 1 saturated heterocycles. The van der Waals surface area contributed by atoms with Gasteiger partial charge >= 0.3 is 6.09 Å². The van der Waals surface area contributed by atoms with Gasteiger partial charge in [0.1, 0.15) is 22.9 Å². The molecule has 0 spiro atoms. The maximum absolute atomic E-state index is 14.8. The standard InChI is InChI=1S/C21H22F4N4O3S/c1-28(2)11-3-5-16(17(30)6-4-11)27-18-14(22)7-12(8-15(18)23)29-10-13(32-21(29)31)9-26-20(33)19(24)25/h3-8,13,17,19,27,30H,9-10H2,1-2H3,(H,26,33)/t13-,17?/m0/s1. The summed E-state index contributed by atoms with van der Waals surface area (Å²) in [5.41, 5.74) is 0.306. The topological polar surface area (TPSA) is 77.1 Å². The zero-order valence-electron chi connectivity index (χ0n) is 17.7. The summed E-state index contributed by atoms with van der Waals surface area (Å²) >= 11 is 4.46. The van der Waals surface area contributed by atoms with Crippen LogP contribution in [0, 0.1) is 11.6 Å². The van der Waals surface area contributed by atoms with E-state index in [1.807, 2.05) is 14.1 Å². The van der Waals surface area contributed by atoms with Gasteiger partial charge in [0.15, 0.2) is 11.6 Å². The lowest BCUT2D eigenvalue weighted by Crippen LogP contribution is -2.36. The smallest absolute Gasteiger partial charge is 0.414 e. The Labute approximate surface area is 193 Å². The summed E-state index contributed by atoms with van der Waals surface area (Å²) in [6.45, 7) is -0.284. The van der Waals surface area contributed by atoms with Crippen LogP contribution in [0.4, 0.5) is 33.7 Å². The summed E-state index contributed by atoms with van der Waals surface area (Å²) in [4.78, 5) is 14.2. The van der Waals surface area contributed by atoms with Crippen LogP contribution < -0.4 is 15.5 Å². The maximum Gasteiger partial charge on any atom is 0.414 e. The van der Waals surface area contributed by atoms with Crippen LogP contribution in [-0.4, -0.2) is 66.9 Å². The molecule has 0 radical (unpaired) electrons. The second kappa shape index (κ2) is 10.2. The molecule has 2 aliphatic rings. The number of carbonyl (C=O) groups excluding carboxylic acids is 1. The number of carbonyl (C=O) groups is 1. The van der Waals surface area contributed by atoms with Crippen molar-refractivity contribution in [3.05, 3.63) is 59.5 Å². The number of benzene rings is 1. The number of allylic oxidation sites excluding steroid dienone is 3. The van der Waals surface area contributed by atoms with Crippen molar-refractivity contribution >= 4 is 34.7 Å². The van der Waals surface area contributed by atoms with Gasteiger partial charge in [-0.3, -0.25) is 4.90 Å². The van der Waals surface area contributed by atoms with Gasteiger partial charge in [0.2, 0.25) is 0 Å². The van der Waals surface area contributed by atoms with E-state index in [1.165, 1.54) is 12.2 Å². The van der Waals surface area contributed by atoms with E-state index in [9.17, 15) is 27.5 Å². The van der Waals surface area contributed by atoms with Crippen LogP contribution in [0.15, 0.2) is 47.8 Å². The molecule has 12 heteroatoms. The van der Waals surface area contributed by atoms with Crippen LogP contribution in [0.1, 0.15) is 0 Å². The molecule has 1 aliphatic carbocycles. The molecule has 1 fully saturated rings. The van der Waals surface area contributed by atoms with Crippen molar-refractivity contribution < 1.29 is 32.2 Å². The number of amides is 1. The molecule has 2 atom stereocenters. The highest BCUT2D eigenvalue weighted by atomic mass is 32.1. The third-order valence-electron chi connectivity index (χ3n) is 4.90. The van der Waals surface area contributed by atoms with Gasteiger partial charge in [0.25, 0.3) is 6.43 Å². The SMILES string of the molecule is CN(C)C1=CC=C(Nc2c(F)cc(N3C[C@H](CNC(=S)C(F)F)OC3=O)cc2F)C(O)C=C1. The molecule has 1 aliphatic heterocycles. The number of alkyl halides is 2. The number of nitrogens with zero attached hydrogens (tertiary/aromatic N) is 2. The first kappa shape index (κ1) is 24.5. The van der Waals surface area contributed by atoms with E-state index in [0.29, 0.717) is 0 Å². The molecule has 1 amide bonds. The lowest BCUT2D eigenvalue weighted by molar-refractivity contribution is 0.142. The van der Waals surface area contributed by atoms with Crippen molar-refractivity contribution in [1.82, 2.24) is 10.2 Å². The van der Waals surface area contributed by atoms with E-state index in [2.05, 4.69) is 22.9 Å². The summed E-state index contributed by atoms with van der Waals surface area (Å²) in [5.74, 6) is -2.01. The molecule has 33 heavy (non-hydrogen) atoms. The van der Waals surface area contributed by atoms with Crippen LogP contribution in [0.25, 0.3) is 0 Å². The molecular formula is C21H22F4N4O3S. The van der Waals surface area contributed by atoms with Crippen molar-refractivity contribution in [3.63, 3.8) is 0 Å². The van der Waals surface area contributed by atoms with Gasteiger partial charge in [-0.25, -0.2) is 22.4 Å². The minimum Gasteiger partial charge on any atom is -0.442 e. The van der Waals surface area contributed by atoms with Crippen LogP contribution >= 0.6 is 12.2 Å². The Hall–Kier alpha value is -3.12. The molecule has 7 nitrogen and oxygen atoms in total. The van der Waals surface area contributed by atoms with E-state index in [1.54, 1.807) is 17.1 Å². The predicted octanol–water partition coefficient (Wildman–Crippen LogP) is 3.14. The number of likely N-dealkylation sites (N-methyl/N-ethyl adjacent to an activating group) is 1. The van der Waals surface area contributed by atoms with E-state index in [0.717, 1.165) is 22.7 Å². The monoisotopic (exact) mass is 486 g/mol. The Bertz CT molecular complexity index is 1010. The number of hydrogen-bond acceptors (Lipinski definition) is 6. The van der Waals surface area contributed by atoms with Crippen molar-refractivity contribution in [1.29, 1.82) is 0 Å². The first-order valence-electron chi connectivity index (χ1n) is 9.82. The number of aliphatic hydroxyl groups is 1. The second-order valence-electron chi connectivity index (χ2n) is 7.48. The minimum absolute atomic E-state index is 0.107. The number of anilines is 2. The van der Waals surface area contributed by atoms with Crippen molar-refractivity contribution in [3.8, 4) is 0 Å². The van der Waals surface area contributed by atoms with E-state index in [4.69, 9.17) is 4.74 Å². The highest BCUT2D eigenvalue weighted by Crippen LogP contribution is 2.30. The van der Waals surface area contributed by atoms with Gasteiger partial charge in [-0.05, 0) is 24.3 Å². The molecular weight excluding hydrogens is 464 g/mol. The van der Waals surface area contributed by atoms with E-state index in [-0.39, 0.29) is 24.5 Å². The third-order valence-corrected chi connectivity index (χ3v) is 5.22. The molecule has 0 saturated carbocycles. The Morgan fingerprint density at radius 1 is 1.30 bits per heavy atom. The maximum atomic E-state index is 14.8. The largest absolute Gasteiger partial charge is 0.442 e. The number of aliphatic hydroxyl groups excluding tert-OH is 1. The summed E-state index contributed by atoms with van der Waals surface area (Å²) in [7, 11) is 3.62. The zero-order valence-corrected chi connectivity index (χ0v) is 18.5. The van der Waals surface area contributed by atoms with Crippen LogP contribution in [0.2, 0.25) is 0 Å². The molecule has 3 rings (SSSR count). The van der Waals surface area contributed by atoms with E-state index >= 15 is 0 Å². The average Bonchev–Trinajstić information content (AvgIpc) is 3.01. The summed E-state index contributed by atoms with van der Waals surface area (Å²) in [6.07, 6.45) is 0.628. The van der Waals surface area contributed by atoms with Crippen LogP contribution in [0.3, 0.4) is 0 Å². The highest BCUT2D eigenvalue weighted by molar-refractivity contribution is 7.80. The van der Waals surface area contributed by atoms with Gasteiger partial charge < -0.3 is 25.4 Å². The van der Waals surface area contributed by atoms with Gasteiger partial charge in [-0.15, -0.1) is 0 Å².